The van der Waals surface area contributed by atoms with Crippen molar-refractivity contribution in [2.75, 3.05) is 13.2 Å². The molecule has 0 aliphatic carbocycles. The second-order valence-electron chi connectivity index (χ2n) is 3.65. The minimum absolute atomic E-state index is 0.102. The number of ketones is 1. The fourth-order valence-electron chi connectivity index (χ4n) is 1.51. The highest BCUT2D eigenvalue weighted by Gasteiger charge is 2.16. The largest absolute Gasteiger partial charge is 0.507 e. The minimum atomic E-state index is -0.225. The fraction of sp³-hybridized carbons (Fsp3) is 0.462. The van der Waals surface area contributed by atoms with E-state index in [0.717, 1.165) is 6.42 Å². The molecule has 0 radical (unpaired) electrons. The molecule has 0 amide bonds. The second-order valence-corrected chi connectivity index (χ2v) is 3.65. The van der Waals surface area contributed by atoms with Gasteiger partial charge < -0.3 is 14.6 Å². The number of carbonyl (C=O) groups is 1. The molecule has 0 saturated heterocycles. The van der Waals surface area contributed by atoms with Gasteiger partial charge in [-0.3, -0.25) is 4.79 Å². The van der Waals surface area contributed by atoms with Crippen LogP contribution in [0.4, 0.5) is 0 Å². The van der Waals surface area contributed by atoms with Crippen molar-refractivity contribution in [3.8, 4) is 17.2 Å². The van der Waals surface area contributed by atoms with Crippen molar-refractivity contribution >= 4 is 5.78 Å². The maximum Gasteiger partial charge on any atom is 0.167 e. The Morgan fingerprint density at radius 2 is 2.00 bits per heavy atom. The molecule has 1 aromatic rings. The van der Waals surface area contributed by atoms with Gasteiger partial charge in [-0.25, -0.2) is 0 Å². The smallest absolute Gasteiger partial charge is 0.167 e. The third-order valence-corrected chi connectivity index (χ3v) is 2.18. The van der Waals surface area contributed by atoms with Crippen LogP contribution in [0.1, 0.15) is 37.6 Å². The Balaban J connectivity index is 3.14. The average molecular weight is 238 g/mol. The van der Waals surface area contributed by atoms with E-state index in [1.165, 1.54) is 13.0 Å². The summed E-state index contributed by atoms with van der Waals surface area (Å²) >= 11 is 0. The number of hydrogen-bond donors (Lipinski definition) is 1. The van der Waals surface area contributed by atoms with E-state index in [2.05, 4.69) is 0 Å². The molecule has 0 saturated carbocycles. The lowest BCUT2D eigenvalue weighted by molar-refractivity contribution is 0.101. The molecule has 4 heteroatoms. The summed E-state index contributed by atoms with van der Waals surface area (Å²) in [6.45, 7) is 6.21. The van der Waals surface area contributed by atoms with Crippen molar-refractivity contribution in [3.63, 3.8) is 0 Å². The third-order valence-electron chi connectivity index (χ3n) is 2.18. The molecule has 0 bridgehead atoms. The zero-order chi connectivity index (χ0) is 12.8. The van der Waals surface area contributed by atoms with Gasteiger partial charge in [-0.05, 0) is 20.3 Å². The van der Waals surface area contributed by atoms with Gasteiger partial charge in [0.15, 0.2) is 5.78 Å². The van der Waals surface area contributed by atoms with E-state index in [9.17, 15) is 9.90 Å². The van der Waals surface area contributed by atoms with Crippen molar-refractivity contribution in [1.82, 2.24) is 0 Å². The Morgan fingerprint density at radius 3 is 2.53 bits per heavy atom. The summed E-state index contributed by atoms with van der Waals surface area (Å²) in [6.07, 6.45) is 0.830. The first kappa shape index (κ1) is 13.4. The molecule has 4 nitrogen and oxygen atoms in total. The molecule has 0 atom stereocenters. The second kappa shape index (κ2) is 6.13. The van der Waals surface area contributed by atoms with Crippen LogP contribution in [0.2, 0.25) is 0 Å². The van der Waals surface area contributed by atoms with Crippen LogP contribution in [0.3, 0.4) is 0 Å². The zero-order valence-electron chi connectivity index (χ0n) is 10.4. The van der Waals surface area contributed by atoms with Gasteiger partial charge in [0.05, 0.1) is 13.2 Å². The predicted octanol–water partition coefficient (Wildman–Crippen LogP) is 2.78. The van der Waals surface area contributed by atoms with Crippen LogP contribution in [0, 0.1) is 0 Å². The summed E-state index contributed by atoms with van der Waals surface area (Å²) in [7, 11) is 0. The summed E-state index contributed by atoms with van der Waals surface area (Å²) in [5.41, 5.74) is 0.210. The molecule has 94 valence electrons. The van der Waals surface area contributed by atoms with E-state index < -0.39 is 0 Å². The Hall–Kier alpha value is -1.71. The topological polar surface area (TPSA) is 55.8 Å². The van der Waals surface area contributed by atoms with Gasteiger partial charge in [-0.15, -0.1) is 0 Å². The summed E-state index contributed by atoms with van der Waals surface area (Å²) < 4.78 is 10.7. The lowest BCUT2D eigenvalue weighted by Gasteiger charge is -2.13. The number of aromatic hydroxyl groups is 1. The van der Waals surface area contributed by atoms with Gasteiger partial charge in [0.2, 0.25) is 0 Å². The number of hydrogen-bond acceptors (Lipinski definition) is 4. The number of benzene rings is 1. The monoisotopic (exact) mass is 238 g/mol. The van der Waals surface area contributed by atoms with Gasteiger partial charge in [-0.1, -0.05) is 6.92 Å². The minimum Gasteiger partial charge on any atom is -0.507 e. The summed E-state index contributed by atoms with van der Waals surface area (Å²) in [4.78, 5) is 11.4. The van der Waals surface area contributed by atoms with Gasteiger partial charge in [0.1, 0.15) is 22.8 Å². The first-order valence-corrected chi connectivity index (χ1v) is 5.73. The van der Waals surface area contributed by atoms with Crippen LogP contribution < -0.4 is 9.47 Å². The van der Waals surface area contributed by atoms with Crippen LogP contribution in [0.25, 0.3) is 0 Å². The van der Waals surface area contributed by atoms with Crippen molar-refractivity contribution in [1.29, 1.82) is 0 Å². The van der Waals surface area contributed by atoms with E-state index in [4.69, 9.17) is 9.47 Å². The number of phenolic OH excluding ortho intramolecular Hbond substituents is 1. The number of rotatable bonds is 6. The number of carbonyl (C=O) groups excluding carboxylic acids is 1. The van der Waals surface area contributed by atoms with E-state index in [-0.39, 0.29) is 17.1 Å². The maximum atomic E-state index is 11.4. The van der Waals surface area contributed by atoms with Crippen LogP contribution in [0.15, 0.2) is 12.1 Å². The molecule has 0 unspecified atom stereocenters. The summed E-state index contributed by atoms with van der Waals surface area (Å²) in [5.74, 6) is 0.551. The molecule has 0 heterocycles. The van der Waals surface area contributed by atoms with E-state index in [1.54, 1.807) is 6.07 Å². The van der Waals surface area contributed by atoms with Gasteiger partial charge in [0.25, 0.3) is 0 Å². The van der Waals surface area contributed by atoms with Gasteiger partial charge in [0, 0.05) is 12.1 Å². The van der Waals surface area contributed by atoms with E-state index in [1.807, 2.05) is 13.8 Å². The summed E-state index contributed by atoms with van der Waals surface area (Å²) in [6, 6.07) is 3.06. The molecule has 1 N–H and O–H groups in total. The highest BCUT2D eigenvalue weighted by molar-refractivity contribution is 5.99. The van der Waals surface area contributed by atoms with Crippen LogP contribution in [-0.2, 0) is 0 Å². The first-order valence-electron chi connectivity index (χ1n) is 5.73. The van der Waals surface area contributed by atoms with Crippen molar-refractivity contribution < 1.29 is 19.4 Å². The van der Waals surface area contributed by atoms with Crippen molar-refractivity contribution in [3.05, 3.63) is 17.7 Å². The Bertz CT molecular complexity index is 399. The molecular weight excluding hydrogens is 220 g/mol. The molecule has 0 aliphatic rings. The molecule has 1 aromatic carbocycles. The van der Waals surface area contributed by atoms with Gasteiger partial charge >= 0.3 is 0 Å². The molecule has 1 rings (SSSR count). The van der Waals surface area contributed by atoms with E-state index in [0.29, 0.717) is 24.7 Å². The highest BCUT2D eigenvalue weighted by atomic mass is 16.5. The molecule has 0 fully saturated rings. The third kappa shape index (κ3) is 3.37. The molecule has 0 aromatic heterocycles. The van der Waals surface area contributed by atoms with Crippen molar-refractivity contribution in [2.24, 2.45) is 0 Å². The Kier molecular flexibility index (Phi) is 4.82. The molecule has 0 aliphatic heterocycles. The predicted molar refractivity (Wildman–Crippen MR) is 65.1 cm³/mol. The maximum absolute atomic E-state index is 11.4. The Labute approximate surface area is 101 Å². The van der Waals surface area contributed by atoms with E-state index >= 15 is 0 Å². The number of ether oxygens (including phenoxy) is 2. The van der Waals surface area contributed by atoms with Crippen LogP contribution >= 0.6 is 0 Å². The first-order chi connectivity index (χ1) is 8.10. The van der Waals surface area contributed by atoms with Gasteiger partial charge in [-0.2, -0.15) is 0 Å². The van der Waals surface area contributed by atoms with Crippen LogP contribution in [-0.4, -0.2) is 24.1 Å². The highest BCUT2D eigenvalue weighted by Crippen LogP contribution is 2.33. The lowest BCUT2D eigenvalue weighted by Crippen LogP contribution is -2.03. The lowest BCUT2D eigenvalue weighted by atomic mass is 10.1. The normalized spacial score (nSPS) is 10.1. The molecule has 17 heavy (non-hydrogen) atoms. The number of Topliss-reactive ketones (excluding diaryl/α,β-unsaturated/α-hetero) is 1. The quantitative estimate of drug-likeness (QED) is 0.774. The molecule has 0 spiro atoms. The summed E-state index contributed by atoms with van der Waals surface area (Å²) in [5, 5.41) is 9.79. The SMILES string of the molecule is CCCOc1cc(OCC)cc(O)c1C(C)=O. The zero-order valence-corrected chi connectivity index (χ0v) is 10.4. The van der Waals surface area contributed by atoms with Crippen LogP contribution in [0.5, 0.6) is 17.2 Å². The fourth-order valence-corrected chi connectivity index (χ4v) is 1.51. The average Bonchev–Trinajstić information content (AvgIpc) is 2.25. The Morgan fingerprint density at radius 1 is 1.29 bits per heavy atom. The standard InChI is InChI=1S/C13H18O4/c1-4-6-17-12-8-10(16-5-2)7-11(15)13(12)9(3)14/h7-8,15H,4-6H2,1-3H3. The molecular formula is C13H18O4. The van der Waals surface area contributed by atoms with Crippen molar-refractivity contribution in [2.45, 2.75) is 27.2 Å². The number of phenols is 1.